The number of carbonyl (C=O) groups excluding carboxylic acids is 1. The molecule has 0 saturated carbocycles. The van der Waals surface area contributed by atoms with Crippen LogP contribution in [0.15, 0.2) is 46.9 Å². The molecule has 8 heteroatoms. The number of halogens is 1. The highest BCUT2D eigenvalue weighted by atomic mass is 35.5. The first-order valence-corrected chi connectivity index (χ1v) is 8.08. The maximum atomic E-state index is 12.5. The van der Waals surface area contributed by atoms with Crippen molar-refractivity contribution in [1.29, 1.82) is 0 Å². The van der Waals surface area contributed by atoms with Gasteiger partial charge in [0.2, 0.25) is 11.8 Å². The number of carbonyl (C=O) groups is 1. The van der Waals surface area contributed by atoms with E-state index in [9.17, 15) is 4.79 Å². The lowest BCUT2D eigenvalue weighted by atomic mass is 10.1. The van der Waals surface area contributed by atoms with E-state index in [2.05, 4.69) is 15.5 Å². The van der Waals surface area contributed by atoms with Crippen LogP contribution in [0.3, 0.4) is 0 Å². The predicted molar refractivity (Wildman–Crippen MR) is 95.5 cm³/mol. The van der Waals surface area contributed by atoms with Crippen LogP contribution in [0.25, 0.3) is 11.5 Å². The van der Waals surface area contributed by atoms with Crippen molar-refractivity contribution in [3.8, 4) is 23.0 Å². The third kappa shape index (κ3) is 3.62. The normalized spacial score (nSPS) is 10.4. The molecule has 0 aliphatic heterocycles. The quantitative estimate of drug-likeness (QED) is 0.713. The number of nitrogens with zero attached hydrogens (tertiary/aromatic N) is 2. The number of rotatable bonds is 6. The molecule has 26 heavy (non-hydrogen) atoms. The number of ether oxygens (including phenoxy) is 2. The van der Waals surface area contributed by atoms with Gasteiger partial charge in [0, 0.05) is 0 Å². The van der Waals surface area contributed by atoms with Gasteiger partial charge >= 0.3 is 0 Å². The minimum atomic E-state index is -0.378. The van der Waals surface area contributed by atoms with Crippen molar-refractivity contribution >= 4 is 17.5 Å². The zero-order valence-electron chi connectivity index (χ0n) is 14.2. The topological polar surface area (TPSA) is 86.5 Å². The molecular formula is C18H16ClN3O4. The van der Waals surface area contributed by atoms with Gasteiger partial charge in [-0.3, -0.25) is 4.79 Å². The van der Waals surface area contributed by atoms with Gasteiger partial charge in [0.15, 0.2) is 0 Å². The van der Waals surface area contributed by atoms with Crippen molar-refractivity contribution in [2.24, 2.45) is 0 Å². The standard InChI is InChI=1S/C18H16ClN3O4/c1-24-13-8-5-9-14(25-2)16(13)17(23)20-10-15-21-22-18(26-15)11-6-3-4-7-12(11)19/h3-9H,10H2,1-2H3,(H,20,23). The molecule has 1 heterocycles. The number of methoxy groups -OCH3 is 2. The second kappa shape index (κ2) is 7.88. The molecule has 0 bridgehead atoms. The van der Waals surface area contributed by atoms with Crippen LogP contribution in [0.1, 0.15) is 16.2 Å². The van der Waals surface area contributed by atoms with Gasteiger partial charge in [-0.1, -0.05) is 29.8 Å². The van der Waals surface area contributed by atoms with Crippen LogP contribution in [0.5, 0.6) is 11.5 Å². The molecule has 2 aromatic carbocycles. The lowest BCUT2D eigenvalue weighted by Crippen LogP contribution is -2.24. The summed E-state index contributed by atoms with van der Waals surface area (Å²) in [6.07, 6.45) is 0. The molecule has 0 aliphatic rings. The van der Waals surface area contributed by atoms with E-state index in [0.29, 0.717) is 27.6 Å². The van der Waals surface area contributed by atoms with E-state index in [1.165, 1.54) is 14.2 Å². The fourth-order valence-electron chi connectivity index (χ4n) is 2.39. The third-order valence-electron chi connectivity index (χ3n) is 3.63. The molecule has 7 nitrogen and oxygen atoms in total. The number of amides is 1. The fourth-order valence-corrected chi connectivity index (χ4v) is 2.60. The van der Waals surface area contributed by atoms with Crippen LogP contribution in [0.2, 0.25) is 5.02 Å². The van der Waals surface area contributed by atoms with E-state index >= 15 is 0 Å². The highest BCUT2D eigenvalue weighted by molar-refractivity contribution is 6.33. The zero-order chi connectivity index (χ0) is 18.5. The molecule has 1 N–H and O–H groups in total. The minimum absolute atomic E-state index is 0.0531. The molecule has 0 aliphatic carbocycles. The van der Waals surface area contributed by atoms with E-state index in [0.717, 1.165) is 0 Å². The molecule has 0 fully saturated rings. The van der Waals surface area contributed by atoms with Gasteiger partial charge < -0.3 is 19.2 Å². The summed E-state index contributed by atoms with van der Waals surface area (Å²) < 4.78 is 16.0. The molecular weight excluding hydrogens is 358 g/mol. The Morgan fingerprint density at radius 1 is 1.08 bits per heavy atom. The molecule has 0 unspecified atom stereocenters. The summed E-state index contributed by atoms with van der Waals surface area (Å²) >= 11 is 6.12. The molecule has 0 atom stereocenters. The third-order valence-corrected chi connectivity index (χ3v) is 3.96. The van der Waals surface area contributed by atoms with Crippen molar-refractivity contribution in [1.82, 2.24) is 15.5 Å². The molecule has 134 valence electrons. The van der Waals surface area contributed by atoms with Gasteiger partial charge in [0.05, 0.1) is 31.4 Å². The summed E-state index contributed by atoms with van der Waals surface area (Å²) in [5.41, 5.74) is 0.925. The van der Waals surface area contributed by atoms with Crippen LogP contribution in [-0.2, 0) is 6.54 Å². The second-order valence-corrected chi connectivity index (χ2v) is 5.61. The van der Waals surface area contributed by atoms with E-state index in [1.54, 1.807) is 30.3 Å². The average molecular weight is 374 g/mol. The van der Waals surface area contributed by atoms with Gasteiger partial charge in [-0.25, -0.2) is 0 Å². The Bertz CT molecular complexity index is 904. The van der Waals surface area contributed by atoms with E-state index in [-0.39, 0.29) is 24.2 Å². The summed E-state index contributed by atoms with van der Waals surface area (Å²) in [5.74, 6) is 0.974. The maximum absolute atomic E-state index is 12.5. The van der Waals surface area contributed by atoms with Crippen molar-refractivity contribution < 1.29 is 18.7 Å². The Hall–Kier alpha value is -3.06. The first-order valence-electron chi connectivity index (χ1n) is 7.70. The van der Waals surface area contributed by atoms with Crippen LogP contribution in [-0.4, -0.2) is 30.3 Å². The molecule has 1 amide bonds. The summed E-state index contributed by atoms with van der Waals surface area (Å²) in [5, 5.41) is 11.1. The Morgan fingerprint density at radius 2 is 1.77 bits per heavy atom. The van der Waals surface area contributed by atoms with Crippen LogP contribution < -0.4 is 14.8 Å². The first-order chi connectivity index (χ1) is 12.6. The van der Waals surface area contributed by atoms with Crippen molar-refractivity contribution in [3.05, 3.63) is 58.9 Å². The van der Waals surface area contributed by atoms with Crippen LogP contribution >= 0.6 is 11.6 Å². The molecule has 3 aromatic rings. The van der Waals surface area contributed by atoms with Crippen molar-refractivity contribution in [2.75, 3.05) is 14.2 Å². The lowest BCUT2D eigenvalue weighted by Gasteiger charge is -2.12. The van der Waals surface area contributed by atoms with Gasteiger partial charge in [-0.15, -0.1) is 10.2 Å². The van der Waals surface area contributed by atoms with Crippen LogP contribution in [0, 0.1) is 0 Å². The molecule has 1 aromatic heterocycles. The Balaban J connectivity index is 1.75. The van der Waals surface area contributed by atoms with Crippen LogP contribution in [0.4, 0.5) is 0 Å². The largest absolute Gasteiger partial charge is 0.496 e. The fraction of sp³-hybridized carbons (Fsp3) is 0.167. The number of hydrogen-bond acceptors (Lipinski definition) is 6. The smallest absolute Gasteiger partial charge is 0.259 e. The molecule has 3 rings (SSSR count). The second-order valence-electron chi connectivity index (χ2n) is 5.20. The van der Waals surface area contributed by atoms with Gasteiger partial charge in [0.25, 0.3) is 5.91 Å². The average Bonchev–Trinajstić information content (AvgIpc) is 3.14. The zero-order valence-corrected chi connectivity index (χ0v) is 14.9. The Kier molecular flexibility index (Phi) is 5.38. The number of nitrogens with one attached hydrogen (secondary N) is 1. The minimum Gasteiger partial charge on any atom is -0.496 e. The summed E-state index contributed by atoms with van der Waals surface area (Å²) in [6.45, 7) is 0.0531. The van der Waals surface area contributed by atoms with Crippen molar-refractivity contribution in [3.63, 3.8) is 0 Å². The summed E-state index contributed by atoms with van der Waals surface area (Å²) in [7, 11) is 2.97. The predicted octanol–water partition coefficient (Wildman–Crippen LogP) is 3.34. The maximum Gasteiger partial charge on any atom is 0.259 e. The van der Waals surface area contributed by atoms with Gasteiger partial charge in [-0.2, -0.15) is 0 Å². The first kappa shape index (κ1) is 17.8. The monoisotopic (exact) mass is 373 g/mol. The number of aromatic nitrogens is 2. The lowest BCUT2D eigenvalue weighted by molar-refractivity contribution is 0.0941. The van der Waals surface area contributed by atoms with Gasteiger partial charge in [0.1, 0.15) is 17.1 Å². The van der Waals surface area contributed by atoms with E-state index in [4.69, 9.17) is 25.5 Å². The molecule has 0 spiro atoms. The molecule has 0 saturated heterocycles. The van der Waals surface area contributed by atoms with Crippen molar-refractivity contribution in [2.45, 2.75) is 6.54 Å². The van der Waals surface area contributed by atoms with E-state index in [1.807, 2.05) is 12.1 Å². The van der Waals surface area contributed by atoms with E-state index < -0.39 is 0 Å². The Morgan fingerprint density at radius 3 is 2.42 bits per heavy atom. The number of benzene rings is 2. The SMILES string of the molecule is COc1cccc(OC)c1C(=O)NCc1nnc(-c2ccccc2Cl)o1. The highest BCUT2D eigenvalue weighted by Crippen LogP contribution is 2.28. The summed E-state index contributed by atoms with van der Waals surface area (Å²) in [4.78, 5) is 12.5. The van der Waals surface area contributed by atoms with Gasteiger partial charge in [-0.05, 0) is 24.3 Å². The number of hydrogen-bond donors (Lipinski definition) is 1. The summed E-state index contributed by atoms with van der Waals surface area (Å²) in [6, 6.07) is 12.2. The highest BCUT2D eigenvalue weighted by Gasteiger charge is 2.19. The Labute approximate surface area is 154 Å². The molecule has 0 radical (unpaired) electrons.